The van der Waals surface area contributed by atoms with Crippen LogP contribution in [0.25, 0.3) is 11.1 Å². The first-order valence-corrected chi connectivity index (χ1v) is 10.1. The zero-order valence-corrected chi connectivity index (χ0v) is 18.2. The fourth-order valence-corrected chi connectivity index (χ4v) is 3.14. The molecule has 1 aliphatic rings. The Morgan fingerprint density at radius 3 is 2.65 bits per heavy atom. The van der Waals surface area contributed by atoms with Crippen molar-refractivity contribution in [3.8, 4) is 16.9 Å². The molecule has 34 heavy (non-hydrogen) atoms. The molecule has 0 saturated heterocycles. The monoisotopic (exact) mass is 503 g/mol. The molecule has 3 N–H and O–H groups in total. The predicted octanol–water partition coefficient (Wildman–Crippen LogP) is 3.49. The molecule has 1 aliphatic heterocycles. The van der Waals surface area contributed by atoms with Crippen LogP contribution in [0.2, 0.25) is 5.02 Å². The second-order valence-corrected chi connectivity index (χ2v) is 7.42. The SMILES string of the molecule is C[C@@H](NC(=O)NNC(=O)C1CC=NO1)c1ncc(-c2cc(Cl)cc(F)c2OCC(F)F)cc1F. The molecule has 1 aromatic carbocycles. The number of urea groups is 1. The number of oxime groups is 1. The molecular weight excluding hydrogens is 486 g/mol. The van der Waals surface area contributed by atoms with Gasteiger partial charge in [0.25, 0.3) is 12.3 Å². The van der Waals surface area contributed by atoms with E-state index in [0.29, 0.717) is 0 Å². The highest BCUT2D eigenvalue weighted by molar-refractivity contribution is 6.31. The van der Waals surface area contributed by atoms with Crippen molar-refractivity contribution in [1.82, 2.24) is 21.2 Å². The zero-order chi connectivity index (χ0) is 24.8. The van der Waals surface area contributed by atoms with Crippen LogP contribution in [-0.4, -0.2) is 42.3 Å². The van der Waals surface area contributed by atoms with Gasteiger partial charge < -0.3 is 14.9 Å². The summed E-state index contributed by atoms with van der Waals surface area (Å²) in [5, 5.41) is 5.75. The largest absolute Gasteiger partial charge is 0.484 e. The van der Waals surface area contributed by atoms with Gasteiger partial charge in [0.2, 0.25) is 6.10 Å². The van der Waals surface area contributed by atoms with E-state index >= 15 is 0 Å². The van der Waals surface area contributed by atoms with Crippen molar-refractivity contribution in [3.05, 3.63) is 46.7 Å². The maximum atomic E-state index is 14.8. The van der Waals surface area contributed by atoms with Crippen molar-refractivity contribution in [2.75, 3.05) is 6.61 Å². The number of hydrazine groups is 1. The lowest BCUT2D eigenvalue weighted by atomic mass is 10.0. The minimum Gasteiger partial charge on any atom is -0.484 e. The molecule has 0 saturated carbocycles. The Kier molecular flexibility index (Phi) is 8.10. The van der Waals surface area contributed by atoms with E-state index in [4.69, 9.17) is 21.2 Å². The highest BCUT2D eigenvalue weighted by Crippen LogP contribution is 2.36. The molecule has 1 aromatic heterocycles. The summed E-state index contributed by atoms with van der Waals surface area (Å²) >= 11 is 5.85. The number of aromatic nitrogens is 1. The molecule has 2 atom stereocenters. The van der Waals surface area contributed by atoms with Crippen molar-refractivity contribution in [2.45, 2.75) is 31.9 Å². The lowest BCUT2D eigenvalue weighted by Gasteiger charge is -2.17. The second-order valence-electron chi connectivity index (χ2n) is 6.98. The minimum atomic E-state index is -2.86. The van der Waals surface area contributed by atoms with E-state index in [9.17, 15) is 27.2 Å². The smallest absolute Gasteiger partial charge is 0.334 e. The maximum Gasteiger partial charge on any atom is 0.334 e. The Morgan fingerprint density at radius 2 is 2.00 bits per heavy atom. The van der Waals surface area contributed by atoms with Gasteiger partial charge >= 0.3 is 6.03 Å². The van der Waals surface area contributed by atoms with Crippen LogP contribution in [-0.2, 0) is 9.63 Å². The minimum absolute atomic E-state index is 0.00890. The number of carbonyl (C=O) groups is 2. The molecular formula is C20H18ClF4N5O4. The van der Waals surface area contributed by atoms with Gasteiger partial charge in [0.05, 0.1) is 11.7 Å². The van der Waals surface area contributed by atoms with Crippen molar-refractivity contribution < 1.29 is 36.7 Å². The fraction of sp³-hybridized carbons (Fsp3) is 0.300. The lowest BCUT2D eigenvalue weighted by Crippen LogP contribution is -2.50. The van der Waals surface area contributed by atoms with Crippen LogP contribution >= 0.6 is 11.6 Å². The van der Waals surface area contributed by atoms with Gasteiger partial charge in [-0.05, 0) is 25.1 Å². The number of pyridine rings is 1. The Bertz CT molecular complexity index is 1100. The number of rotatable bonds is 7. The number of hydrogen-bond donors (Lipinski definition) is 3. The standard InChI is InChI=1S/C20H18ClF4N5O4/c1-9(28-20(32)30-29-19(31)15-2-3-27-34-15)17-13(22)4-10(7-26-17)12-5-11(21)6-14(23)18(12)33-8-16(24)25/h3-7,9,15-16H,2,8H2,1H3,(H,29,31)(H2,28,30,32)/t9-,15?/m1/s1. The number of ether oxygens (including phenoxy) is 1. The van der Waals surface area contributed by atoms with E-state index in [2.05, 4.69) is 26.3 Å². The number of nitrogens with one attached hydrogen (secondary N) is 3. The third kappa shape index (κ3) is 6.25. The lowest BCUT2D eigenvalue weighted by molar-refractivity contribution is -0.131. The van der Waals surface area contributed by atoms with Crippen LogP contribution in [0.3, 0.4) is 0 Å². The molecule has 0 bridgehead atoms. The summed E-state index contributed by atoms with van der Waals surface area (Å²) in [6.45, 7) is 0.350. The van der Waals surface area contributed by atoms with Gasteiger partial charge in [-0.2, -0.15) is 0 Å². The van der Waals surface area contributed by atoms with Crippen molar-refractivity contribution in [2.24, 2.45) is 5.16 Å². The number of amides is 3. The molecule has 2 heterocycles. The number of benzene rings is 1. The Labute approximate surface area is 195 Å². The molecule has 3 amide bonds. The van der Waals surface area contributed by atoms with E-state index in [1.807, 2.05) is 0 Å². The molecule has 0 aliphatic carbocycles. The predicted molar refractivity (Wildman–Crippen MR) is 112 cm³/mol. The van der Waals surface area contributed by atoms with Gasteiger partial charge in [-0.15, -0.1) is 0 Å². The van der Waals surface area contributed by atoms with Gasteiger partial charge in [0, 0.05) is 35.0 Å². The summed E-state index contributed by atoms with van der Waals surface area (Å²) < 4.78 is 58.9. The Hall–Kier alpha value is -3.61. The van der Waals surface area contributed by atoms with E-state index in [1.165, 1.54) is 19.2 Å². The van der Waals surface area contributed by atoms with Gasteiger partial charge in [-0.3, -0.25) is 15.2 Å². The molecule has 182 valence electrons. The number of hydrogen-bond acceptors (Lipinski definition) is 6. The summed E-state index contributed by atoms with van der Waals surface area (Å²) in [6.07, 6.45) is -0.930. The van der Waals surface area contributed by atoms with Crippen molar-refractivity contribution in [3.63, 3.8) is 0 Å². The number of halogens is 5. The molecule has 3 rings (SSSR count). The zero-order valence-electron chi connectivity index (χ0n) is 17.5. The second kappa shape index (κ2) is 11.0. The Balaban J connectivity index is 1.70. The first-order chi connectivity index (χ1) is 16.2. The summed E-state index contributed by atoms with van der Waals surface area (Å²) in [7, 11) is 0. The van der Waals surface area contributed by atoms with Gasteiger partial charge in [-0.25, -0.2) is 27.8 Å². The molecule has 2 aromatic rings. The van der Waals surface area contributed by atoms with E-state index in [-0.39, 0.29) is 28.3 Å². The maximum absolute atomic E-state index is 14.8. The van der Waals surface area contributed by atoms with E-state index < -0.39 is 54.5 Å². The molecule has 9 nitrogen and oxygen atoms in total. The average Bonchev–Trinajstić information content (AvgIpc) is 3.31. The van der Waals surface area contributed by atoms with Crippen LogP contribution in [0.15, 0.2) is 29.6 Å². The van der Waals surface area contributed by atoms with Gasteiger partial charge in [-0.1, -0.05) is 16.8 Å². The molecule has 0 fully saturated rings. The molecule has 1 unspecified atom stereocenters. The summed E-state index contributed by atoms with van der Waals surface area (Å²) in [5.74, 6) is -3.05. The highest BCUT2D eigenvalue weighted by Gasteiger charge is 2.24. The van der Waals surface area contributed by atoms with Crippen molar-refractivity contribution in [1.29, 1.82) is 0 Å². The quantitative estimate of drug-likeness (QED) is 0.395. The summed E-state index contributed by atoms with van der Waals surface area (Å²) in [4.78, 5) is 32.5. The number of carbonyl (C=O) groups excluding carboxylic acids is 2. The van der Waals surface area contributed by atoms with Gasteiger partial charge in [0.1, 0.15) is 12.4 Å². The first kappa shape index (κ1) is 25.0. The topological polar surface area (TPSA) is 114 Å². The first-order valence-electron chi connectivity index (χ1n) is 9.75. The highest BCUT2D eigenvalue weighted by atomic mass is 35.5. The third-order valence-electron chi connectivity index (χ3n) is 4.47. The Morgan fingerprint density at radius 1 is 1.24 bits per heavy atom. The normalized spacial score (nSPS) is 15.6. The average molecular weight is 504 g/mol. The third-order valence-corrected chi connectivity index (χ3v) is 4.69. The van der Waals surface area contributed by atoms with Crippen LogP contribution in [0.4, 0.5) is 22.4 Å². The molecule has 14 heteroatoms. The van der Waals surface area contributed by atoms with Crippen LogP contribution < -0.4 is 20.9 Å². The molecule has 0 radical (unpaired) electrons. The number of alkyl halides is 2. The van der Waals surface area contributed by atoms with Crippen LogP contribution in [0, 0.1) is 11.6 Å². The van der Waals surface area contributed by atoms with E-state index in [1.54, 1.807) is 0 Å². The van der Waals surface area contributed by atoms with Crippen molar-refractivity contribution >= 4 is 29.8 Å². The fourth-order valence-electron chi connectivity index (χ4n) is 2.94. The van der Waals surface area contributed by atoms with Crippen LogP contribution in [0.5, 0.6) is 5.75 Å². The summed E-state index contributed by atoms with van der Waals surface area (Å²) in [5.41, 5.74) is 3.96. The van der Waals surface area contributed by atoms with E-state index in [0.717, 1.165) is 18.3 Å². The van der Waals surface area contributed by atoms with Gasteiger partial charge in [0.15, 0.2) is 11.6 Å². The summed E-state index contributed by atoms with van der Waals surface area (Å²) in [6, 6.07) is 1.25. The number of nitrogens with zero attached hydrogens (tertiary/aromatic N) is 2. The molecule has 0 spiro atoms. The van der Waals surface area contributed by atoms with Crippen LogP contribution in [0.1, 0.15) is 25.1 Å².